The Morgan fingerprint density at radius 2 is 2.14 bits per heavy atom. The highest BCUT2D eigenvalue weighted by Crippen LogP contribution is 2.40. The fraction of sp³-hybridized carbons (Fsp3) is 0.417. The van der Waals surface area contributed by atoms with Crippen LogP contribution in [0.1, 0.15) is 19.8 Å². The number of sulfonamides is 1. The van der Waals surface area contributed by atoms with E-state index in [1.165, 1.54) is 13.0 Å². The first-order valence-electron chi connectivity index (χ1n) is 6.33. The Balaban J connectivity index is 2.04. The Kier molecular flexibility index (Phi) is 3.23. The van der Waals surface area contributed by atoms with E-state index < -0.39 is 21.5 Å². The number of aliphatic carboxylic acids is 1. The van der Waals surface area contributed by atoms with Crippen molar-refractivity contribution in [1.29, 1.82) is 0 Å². The number of rotatable bonds is 5. The molecule has 0 spiro atoms. The van der Waals surface area contributed by atoms with Crippen molar-refractivity contribution in [3.8, 4) is 0 Å². The lowest BCUT2D eigenvalue weighted by molar-refractivity contribution is -0.144. The molecule has 1 aliphatic rings. The lowest BCUT2D eigenvalue weighted by Gasteiger charge is -2.25. The van der Waals surface area contributed by atoms with Gasteiger partial charge >= 0.3 is 5.97 Å². The number of carboxylic acids is 1. The monoisotopic (exact) mass is 327 g/mol. The first-order valence-corrected chi connectivity index (χ1v) is 8.54. The van der Waals surface area contributed by atoms with Crippen molar-refractivity contribution in [2.75, 3.05) is 0 Å². The predicted octanol–water partition coefficient (Wildman–Crippen LogP) is 1.22. The summed E-state index contributed by atoms with van der Waals surface area (Å²) in [4.78, 5) is 11.4. The molecule has 2 N–H and O–H groups in total. The quantitative estimate of drug-likeness (QED) is 0.854. The van der Waals surface area contributed by atoms with Crippen molar-refractivity contribution in [3.05, 3.63) is 18.2 Å². The molecule has 9 heteroatoms. The van der Waals surface area contributed by atoms with Crippen LogP contribution in [0.2, 0.25) is 0 Å². The summed E-state index contributed by atoms with van der Waals surface area (Å²) in [5, 5.41) is 9.37. The molecule has 112 valence electrons. The lowest BCUT2D eigenvalue weighted by atomic mass is 9.98. The van der Waals surface area contributed by atoms with Crippen LogP contribution in [0.4, 0.5) is 0 Å². The third-order valence-electron chi connectivity index (χ3n) is 3.72. The summed E-state index contributed by atoms with van der Waals surface area (Å²) in [5.41, 5.74) is -0.755. The zero-order valence-corrected chi connectivity index (χ0v) is 12.7. The molecule has 0 saturated heterocycles. The molecule has 3 rings (SSSR count). The predicted molar refractivity (Wildman–Crippen MR) is 76.5 cm³/mol. The molecule has 1 aromatic carbocycles. The summed E-state index contributed by atoms with van der Waals surface area (Å²) in [7, 11) is -3.99. The molecular weight excluding hydrogens is 314 g/mol. The van der Waals surface area contributed by atoms with E-state index in [0.717, 1.165) is 11.7 Å². The van der Waals surface area contributed by atoms with Gasteiger partial charge in [-0.2, -0.15) is 13.5 Å². The normalized spacial score (nSPS) is 18.5. The number of aromatic nitrogens is 2. The first-order chi connectivity index (χ1) is 9.84. The van der Waals surface area contributed by atoms with Crippen LogP contribution in [0.5, 0.6) is 0 Å². The second-order valence-corrected chi connectivity index (χ2v) is 7.45. The minimum Gasteiger partial charge on any atom is -0.480 e. The van der Waals surface area contributed by atoms with Crippen LogP contribution in [0.15, 0.2) is 23.1 Å². The van der Waals surface area contributed by atoms with Gasteiger partial charge in [0.2, 0.25) is 10.0 Å². The van der Waals surface area contributed by atoms with E-state index in [9.17, 15) is 18.3 Å². The molecule has 1 atom stereocenters. The number of nitrogens with zero attached hydrogens (tertiary/aromatic N) is 2. The molecule has 0 bridgehead atoms. The average molecular weight is 327 g/mol. The fourth-order valence-electron chi connectivity index (χ4n) is 2.29. The number of carboxylic acid groups (broad SMARTS) is 1. The van der Waals surface area contributed by atoms with Crippen molar-refractivity contribution in [3.63, 3.8) is 0 Å². The highest BCUT2D eigenvalue weighted by atomic mass is 32.2. The lowest BCUT2D eigenvalue weighted by Crippen LogP contribution is -2.53. The van der Waals surface area contributed by atoms with Crippen molar-refractivity contribution < 1.29 is 18.3 Å². The fourth-order valence-corrected chi connectivity index (χ4v) is 4.49. The molecule has 0 aliphatic heterocycles. The number of hydrogen-bond acceptors (Lipinski definition) is 6. The Morgan fingerprint density at radius 1 is 1.43 bits per heavy atom. The molecule has 2 aromatic rings. The summed E-state index contributed by atoms with van der Waals surface area (Å²) < 4.78 is 35.4. The molecule has 1 aliphatic carbocycles. The maximum absolute atomic E-state index is 12.6. The van der Waals surface area contributed by atoms with Gasteiger partial charge in [0, 0.05) is 0 Å². The number of hydrogen-bond donors (Lipinski definition) is 2. The largest absolute Gasteiger partial charge is 0.480 e. The molecule has 21 heavy (non-hydrogen) atoms. The second kappa shape index (κ2) is 4.72. The first kappa shape index (κ1) is 14.4. The van der Waals surface area contributed by atoms with Crippen LogP contribution in [0.3, 0.4) is 0 Å². The number of nitrogens with one attached hydrogen (secondary N) is 1. The van der Waals surface area contributed by atoms with E-state index in [2.05, 4.69) is 13.5 Å². The molecule has 1 fully saturated rings. The Labute approximate surface area is 125 Å². The smallest absolute Gasteiger partial charge is 0.324 e. The van der Waals surface area contributed by atoms with Crippen LogP contribution < -0.4 is 4.72 Å². The van der Waals surface area contributed by atoms with Gasteiger partial charge in [-0.25, -0.2) is 8.42 Å². The maximum Gasteiger partial charge on any atom is 0.324 e. The number of fused-ring (bicyclic) bond motifs is 1. The van der Waals surface area contributed by atoms with E-state index in [-0.39, 0.29) is 16.3 Å². The zero-order valence-electron chi connectivity index (χ0n) is 11.1. The second-order valence-electron chi connectivity index (χ2n) is 5.28. The van der Waals surface area contributed by atoms with Gasteiger partial charge in [0.1, 0.15) is 21.5 Å². The molecule has 7 nitrogen and oxygen atoms in total. The number of carbonyl (C=O) groups is 1. The molecular formula is C12H13N3O4S2. The van der Waals surface area contributed by atoms with Crippen LogP contribution in [0.25, 0.3) is 11.0 Å². The van der Waals surface area contributed by atoms with Crippen LogP contribution in [-0.4, -0.2) is 33.8 Å². The van der Waals surface area contributed by atoms with E-state index in [4.69, 9.17) is 0 Å². The Hall–Kier alpha value is -1.58. The van der Waals surface area contributed by atoms with Gasteiger partial charge in [-0.1, -0.05) is 6.07 Å². The van der Waals surface area contributed by atoms with Crippen LogP contribution in [-0.2, 0) is 14.8 Å². The summed E-state index contributed by atoms with van der Waals surface area (Å²) >= 11 is 0.918. The summed E-state index contributed by atoms with van der Waals surface area (Å²) in [5.74, 6) is -1.35. The van der Waals surface area contributed by atoms with Gasteiger partial charge in [-0.3, -0.25) is 4.79 Å². The molecule has 0 amide bonds. The third-order valence-corrected chi connectivity index (χ3v) is 5.87. The van der Waals surface area contributed by atoms with Gasteiger partial charge in [-0.15, -0.1) is 0 Å². The van der Waals surface area contributed by atoms with Gasteiger partial charge < -0.3 is 5.11 Å². The highest BCUT2D eigenvalue weighted by Gasteiger charge is 2.50. The summed E-state index contributed by atoms with van der Waals surface area (Å²) in [6, 6.07) is 4.63. The minimum absolute atomic E-state index is 0.0399. The Bertz CT molecular complexity index is 813. The Morgan fingerprint density at radius 3 is 2.76 bits per heavy atom. The van der Waals surface area contributed by atoms with E-state index in [1.807, 2.05) is 0 Å². The van der Waals surface area contributed by atoms with Crippen molar-refractivity contribution in [2.24, 2.45) is 5.92 Å². The van der Waals surface area contributed by atoms with Gasteiger partial charge in [0.25, 0.3) is 0 Å². The van der Waals surface area contributed by atoms with Crippen molar-refractivity contribution in [1.82, 2.24) is 13.5 Å². The van der Waals surface area contributed by atoms with Crippen LogP contribution in [0, 0.1) is 5.92 Å². The van der Waals surface area contributed by atoms with Crippen molar-refractivity contribution in [2.45, 2.75) is 30.2 Å². The minimum atomic E-state index is -3.99. The molecule has 0 radical (unpaired) electrons. The topological polar surface area (TPSA) is 109 Å². The molecule has 1 heterocycles. The van der Waals surface area contributed by atoms with Gasteiger partial charge in [-0.05, 0) is 37.8 Å². The summed E-state index contributed by atoms with van der Waals surface area (Å²) in [6.07, 6.45) is 1.40. The van der Waals surface area contributed by atoms with Gasteiger partial charge in [0.05, 0.1) is 11.7 Å². The molecule has 1 aromatic heterocycles. The van der Waals surface area contributed by atoms with Crippen LogP contribution >= 0.6 is 11.7 Å². The van der Waals surface area contributed by atoms with E-state index in [0.29, 0.717) is 18.4 Å². The van der Waals surface area contributed by atoms with E-state index in [1.54, 1.807) is 12.1 Å². The highest BCUT2D eigenvalue weighted by molar-refractivity contribution is 7.89. The average Bonchev–Trinajstić information content (AvgIpc) is 3.16. The molecule has 1 unspecified atom stereocenters. The van der Waals surface area contributed by atoms with E-state index >= 15 is 0 Å². The SMILES string of the molecule is CC(NS(=O)(=O)c1cccc2nsnc12)(C(=O)O)C1CC1. The standard InChI is InChI=1S/C12H13N3O4S2/c1-12(11(16)17,7-5-6-7)15-21(18,19)9-4-2-3-8-10(9)14-20-13-8/h2-4,7,15H,5-6H2,1H3,(H,16,17). The van der Waals surface area contributed by atoms with Gasteiger partial charge in [0.15, 0.2) is 0 Å². The summed E-state index contributed by atoms with van der Waals surface area (Å²) in [6.45, 7) is 1.41. The zero-order chi connectivity index (χ0) is 15.3. The third kappa shape index (κ3) is 2.41. The van der Waals surface area contributed by atoms with Crippen molar-refractivity contribution >= 4 is 38.8 Å². The molecule has 1 saturated carbocycles. The maximum atomic E-state index is 12.6. The number of benzene rings is 1.